The van der Waals surface area contributed by atoms with Crippen molar-refractivity contribution in [1.29, 1.82) is 0 Å². The third-order valence-corrected chi connectivity index (χ3v) is 4.92. The van der Waals surface area contributed by atoms with Crippen molar-refractivity contribution in [2.45, 2.75) is 44.1 Å². The number of carbonyl (C=O) groups is 1. The molecule has 1 rings (SSSR count). The number of carbonyl (C=O) groups excluding carboxylic acids is 1. The van der Waals surface area contributed by atoms with Crippen molar-refractivity contribution in [2.75, 3.05) is 19.4 Å². The molecule has 0 atom stereocenters. The van der Waals surface area contributed by atoms with E-state index in [-0.39, 0.29) is 24.6 Å². The minimum absolute atomic E-state index is 0.0656. The smallest absolute Gasteiger partial charge is 0.305 e. The Morgan fingerprint density at radius 1 is 1.39 bits per heavy atom. The molecule has 0 saturated heterocycles. The number of sulfonamides is 1. The van der Waals surface area contributed by atoms with E-state index in [1.165, 1.54) is 7.11 Å². The van der Waals surface area contributed by atoms with Crippen LogP contribution in [-0.2, 0) is 19.6 Å². The summed E-state index contributed by atoms with van der Waals surface area (Å²) < 4.78 is 31.0. The fourth-order valence-corrected chi connectivity index (χ4v) is 3.86. The summed E-state index contributed by atoms with van der Waals surface area (Å²) in [7, 11) is -2.09. The first-order chi connectivity index (χ1) is 8.43. The van der Waals surface area contributed by atoms with Crippen molar-refractivity contribution in [1.82, 2.24) is 4.72 Å². The molecule has 106 valence electrons. The first-order valence-electron chi connectivity index (χ1n) is 6.22. The summed E-state index contributed by atoms with van der Waals surface area (Å²) in [6, 6.07) is 0. The van der Waals surface area contributed by atoms with Gasteiger partial charge in [-0.15, -0.1) is 0 Å². The second-order valence-electron chi connectivity index (χ2n) is 4.79. The van der Waals surface area contributed by atoms with Crippen molar-refractivity contribution in [3.63, 3.8) is 0 Å². The number of hydrogen-bond donors (Lipinski definition) is 2. The van der Waals surface area contributed by atoms with Gasteiger partial charge in [0, 0.05) is 18.5 Å². The van der Waals surface area contributed by atoms with Gasteiger partial charge in [-0.25, -0.2) is 13.1 Å². The fraction of sp³-hybridized carbons (Fsp3) is 0.909. The van der Waals surface area contributed by atoms with Gasteiger partial charge in [0.1, 0.15) is 0 Å². The maximum absolute atomic E-state index is 11.9. The van der Waals surface area contributed by atoms with E-state index in [9.17, 15) is 13.2 Å². The highest BCUT2D eigenvalue weighted by atomic mass is 32.2. The third kappa shape index (κ3) is 4.55. The SMILES string of the molecule is COC(=O)CCCS(=O)(=O)NC1(CN)CCCC1. The van der Waals surface area contributed by atoms with Gasteiger partial charge >= 0.3 is 5.97 Å². The number of rotatable bonds is 7. The van der Waals surface area contributed by atoms with Crippen LogP contribution in [0.2, 0.25) is 0 Å². The van der Waals surface area contributed by atoms with Crippen LogP contribution in [0, 0.1) is 0 Å². The largest absolute Gasteiger partial charge is 0.469 e. The molecule has 7 heteroatoms. The molecule has 0 amide bonds. The zero-order valence-corrected chi connectivity index (χ0v) is 11.6. The average molecular weight is 278 g/mol. The van der Waals surface area contributed by atoms with E-state index >= 15 is 0 Å². The molecule has 1 aliphatic rings. The molecule has 1 aliphatic carbocycles. The van der Waals surface area contributed by atoms with E-state index in [1.807, 2.05) is 0 Å². The zero-order chi connectivity index (χ0) is 13.6. The van der Waals surface area contributed by atoms with Crippen LogP contribution in [-0.4, -0.2) is 39.3 Å². The molecule has 18 heavy (non-hydrogen) atoms. The van der Waals surface area contributed by atoms with Crippen molar-refractivity contribution in [2.24, 2.45) is 5.73 Å². The maximum atomic E-state index is 11.9. The Morgan fingerprint density at radius 3 is 2.50 bits per heavy atom. The predicted molar refractivity (Wildman–Crippen MR) is 68.4 cm³/mol. The second kappa shape index (κ2) is 6.49. The van der Waals surface area contributed by atoms with E-state index in [2.05, 4.69) is 9.46 Å². The Balaban J connectivity index is 2.46. The lowest BCUT2D eigenvalue weighted by Crippen LogP contribution is -2.52. The average Bonchev–Trinajstić information content (AvgIpc) is 2.77. The van der Waals surface area contributed by atoms with E-state index < -0.39 is 15.6 Å². The molecule has 0 spiro atoms. The summed E-state index contributed by atoms with van der Waals surface area (Å²) in [6.45, 7) is 0.323. The maximum Gasteiger partial charge on any atom is 0.305 e. The summed E-state index contributed by atoms with van der Waals surface area (Å²) in [6.07, 6.45) is 3.97. The highest BCUT2D eigenvalue weighted by Crippen LogP contribution is 2.29. The van der Waals surface area contributed by atoms with Crippen LogP contribution in [0.15, 0.2) is 0 Å². The molecule has 0 aromatic heterocycles. The van der Waals surface area contributed by atoms with Crippen LogP contribution >= 0.6 is 0 Å². The summed E-state index contributed by atoms with van der Waals surface area (Å²) in [5.74, 6) is -0.455. The van der Waals surface area contributed by atoms with Crippen molar-refractivity contribution >= 4 is 16.0 Å². The third-order valence-electron chi connectivity index (χ3n) is 3.35. The first kappa shape index (κ1) is 15.4. The molecule has 0 radical (unpaired) electrons. The van der Waals surface area contributed by atoms with Crippen LogP contribution in [0.5, 0.6) is 0 Å². The molecule has 0 aromatic rings. The summed E-state index contributed by atoms with van der Waals surface area (Å²) >= 11 is 0. The predicted octanol–water partition coefficient (Wildman–Crippen LogP) is 0.131. The van der Waals surface area contributed by atoms with Crippen LogP contribution in [0.3, 0.4) is 0 Å². The molecule has 0 aromatic carbocycles. The monoisotopic (exact) mass is 278 g/mol. The number of ether oxygens (including phenoxy) is 1. The quantitative estimate of drug-likeness (QED) is 0.645. The molecule has 0 aliphatic heterocycles. The fourth-order valence-electron chi connectivity index (χ4n) is 2.29. The van der Waals surface area contributed by atoms with Crippen LogP contribution in [0.25, 0.3) is 0 Å². The molecule has 6 nitrogen and oxygen atoms in total. The van der Waals surface area contributed by atoms with Gasteiger partial charge in [0.25, 0.3) is 0 Å². The Morgan fingerprint density at radius 2 is 2.00 bits per heavy atom. The summed E-state index contributed by atoms with van der Waals surface area (Å²) in [5, 5.41) is 0. The van der Waals surface area contributed by atoms with Gasteiger partial charge in [0.05, 0.1) is 12.9 Å². The number of nitrogens with two attached hydrogens (primary N) is 1. The van der Waals surface area contributed by atoms with E-state index in [4.69, 9.17) is 5.73 Å². The Bertz CT molecular complexity index is 375. The number of hydrogen-bond acceptors (Lipinski definition) is 5. The van der Waals surface area contributed by atoms with Gasteiger partial charge in [-0.3, -0.25) is 4.79 Å². The zero-order valence-electron chi connectivity index (χ0n) is 10.8. The molecule has 0 unspecified atom stereocenters. The Labute approximate surface area is 108 Å². The number of esters is 1. The molecular weight excluding hydrogens is 256 g/mol. The van der Waals surface area contributed by atoms with E-state index in [0.717, 1.165) is 25.7 Å². The number of methoxy groups -OCH3 is 1. The highest BCUT2D eigenvalue weighted by Gasteiger charge is 2.35. The van der Waals surface area contributed by atoms with Crippen molar-refractivity contribution < 1.29 is 17.9 Å². The van der Waals surface area contributed by atoms with Gasteiger partial charge in [-0.2, -0.15) is 0 Å². The highest BCUT2D eigenvalue weighted by molar-refractivity contribution is 7.89. The van der Waals surface area contributed by atoms with Crippen LogP contribution < -0.4 is 10.5 Å². The Hall–Kier alpha value is -0.660. The van der Waals surface area contributed by atoms with Gasteiger partial charge in [0.2, 0.25) is 10.0 Å². The topological polar surface area (TPSA) is 98.5 Å². The molecular formula is C11H22N2O4S. The molecule has 3 N–H and O–H groups in total. The first-order valence-corrected chi connectivity index (χ1v) is 7.87. The van der Waals surface area contributed by atoms with E-state index in [1.54, 1.807) is 0 Å². The van der Waals surface area contributed by atoms with E-state index in [0.29, 0.717) is 6.54 Å². The van der Waals surface area contributed by atoms with Crippen LogP contribution in [0.1, 0.15) is 38.5 Å². The standard InChI is InChI=1S/C11H22N2O4S/c1-17-10(14)5-4-8-18(15,16)13-11(9-12)6-2-3-7-11/h13H,2-9,12H2,1H3. The van der Waals surface area contributed by atoms with Gasteiger partial charge in [-0.05, 0) is 19.3 Å². The van der Waals surface area contributed by atoms with Gasteiger partial charge < -0.3 is 10.5 Å². The lowest BCUT2D eigenvalue weighted by atomic mass is 10.0. The van der Waals surface area contributed by atoms with Gasteiger partial charge in [0.15, 0.2) is 0 Å². The molecule has 0 heterocycles. The van der Waals surface area contributed by atoms with Gasteiger partial charge in [-0.1, -0.05) is 12.8 Å². The molecule has 1 fully saturated rings. The second-order valence-corrected chi connectivity index (χ2v) is 6.63. The Kier molecular flexibility index (Phi) is 5.55. The summed E-state index contributed by atoms with van der Waals surface area (Å²) in [5.41, 5.74) is 5.21. The number of nitrogens with one attached hydrogen (secondary N) is 1. The lowest BCUT2D eigenvalue weighted by Gasteiger charge is -2.28. The van der Waals surface area contributed by atoms with Crippen molar-refractivity contribution in [3.8, 4) is 0 Å². The van der Waals surface area contributed by atoms with Crippen molar-refractivity contribution in [3.05, 3.63) is 0 Å². The molecule has 1 saturated carbocycles. The summed E-state index contributed by atoms with van der Waals surface area (Å²) in [4.78, 5) is 10.9. The molecule has 0 bridgehead atoms. The normalized spacial score (nSPS) is 18.8. The minimum Gasteiger partial charge on any atom is -0.469 e. The lowest BCUT2D eigenvalue weighted by molar-refractivity contribution is -0.140. The minimum atomic E-state index is -3.38. The van der Waals surface area contributed by atoms with Crippen LogP contribution in [0.4, 0.5) is 0 Å².